The third-order valence-electron chi connectivity index (χ3n) is 5.95. The quantitative estimate of drug-likeness (QED) is 0.257. The number of carbonyl (C=O) groups excluding carboxylic acids is 2. The van der Waals surface area contributed by atoms with E-state index in [9.17, 15) is 9.59 Å². The predicted octanol–water partition coefficient (Wildman–Crippen LogP) is 7.74. The third-order valence-corrected chi connectivity index (χ3v) is 5.95. The molecule has 0 unspecified atom stereocenters. The largest absolute Gasteiger partial charge is 0.384 e. The van der Waals surface area contributed by atoms with Crippen molar-refractivity contribution >= 4 is 17.3 Å². The topological polar surface area (TPSA) is 58.2 Å². The molecule has 0 aromatic heterocycles. The summed E-state index contributed by atoms with van der Waals surface area (Å²) in [5.41, 5.74) is 5.72. The maximum atomic E-state index is 12.4. The van der Waals surface area contributed by atoms with E-state index in [0.29, 0.717) is 38.1 Å². The van der Waals surface area contributed by atoms with Gasteiger partial charge in [0.1, 0.15) is 5.78 Å². The highest BCUT2D eigenvalue weighted by Crippen LogP contribution is 2.21. The fourth-order valence-corrected chi connectivity index (χ4v) is 3.93. The number of hydrogen-bond acceptors (Lipinski definition) is 4. The second-order valence-electron chi connectivity index (χ2n) is 8.82. The molecule has 2 N–H and O–H groups in total. The molecule has 0 bridgehead atoms. The molecule has 0 aliphatic carbocycles. The van der Waals surface area contributed by atoms with Crippen molar-refractivity contribution < 1.29 is 12.4 Å². The molecule has 1 atom stereocenters. The molecule has 0 saturated carbocycles. The summed E-state index contributed by atoms with van der Waals surface area (Å²) >= 11 is 0. The Kier molecular flexibility index (Phi) is 15.1. The Morgan fingerprint density at radius 2 is 1.69 bits per heavy atom. The average Bonchev–Trinajstić information content (AvgIpc) is 2.88. The number of aryl methyl sites for hydroxylation is 2. The van der Waals surface area contributed by atoms with Gasteiger partial charge in [-0.05, 0) is 54.4 Å². The lowest BCUT2D eigenvalue weighted by molar-refractivity contribution is -0.119. The van der Waals surface area contributed by atoms with E-state index in [2.05, 4.69) is 61.4 Å². The van der Waals surface area contributed by atoms with Gasteiger partial charge in [-0.2, -0.15) is 0 Å². The highest BCUT2D eigenvalue weighted by molar-refractivity contribution is 5.81. The first-order valence-electron chi connectivity index (χ1n) is 13.3. The first kappa shape index (κ1) is 30.2. The Hall–Kier alpha value is -2.88. The summed E-state index contributed by atoms with van der Waals surface area (Å²) in [7, 11) is 0. The third kappa shape index (κ3) is 11.9. The van der Waals surface area contributed by atoms with Gasteiger partial charge >= 0.3 is 0 Å². The van der Waals surface area contributed by atoms with Crippen molar-refractivity contribution in [2.75, 3.05) is 18.4 Å². The molecule has 0 aliphatic heterocycles. The van der Waals surface area contributed by atoms with Crippen molar-refractivity contribution in [3.05, 3.63) is 77.5 Å². The lowest BCUT2D eigenvalue weighted by Gasteiger charge is -2.14. The maximum Gasteiger partial charge on any atom is 0.152 e. The maximum absolute atomic E-state index is 12.4. The van der Waals surface area contributed by atoms with Crippen molar-refractivity contribution in [2.45, 2.75) is 85.5 Å². The average molecular weight is 483 g/mol. The molecule has 0 radical (unpaired) electrons. The Morgan fingerprint density at radius 1 is 0.971 bits per heavy atom. The number of hydrogen-bond donors (Lipinski definition) is 2. The van der Waals surface area contributed by atoms with Crippen LogP contribution >= 0.6 is 0 Å². The molecule has 2 aromatic rings. The fourth-order valence-electron chi connectivity index (χ4n) is 3.93. The zero-order valence-electron chi connectivity index (χ0n) is 22.6. The Balaban J connectivity index is 0. The smallest absolute Gasteiger partial charge is 0.152 e. The minimum Gasteiger partial charge on any atom is -0.384 e. The van der Waals surface area contributed by atoms with Gasteiger partial charge in [-0.3, -0.25) is 9.59 Å². The van der Waals surface area contributed by atoms with Crippen molar-refractivity contribution in [3.63, 3.8) is 0 Å². The van der Waals surface area contributed by atoms with Crippen LogP contribution in [-0.4, -0.2) is 24.7 Å². The van der Waals surface area contributed by atoms with Crippen LogP contribution in [0.25, 0.3) is 0 Å². The van der Waals surface area contributed by atoms with Crippen LogP contribution in [0.1, 0.15) is 92.2 Å². The highest BCUT2D eigenvalue weighted by atomic mass is 16.1. The lowest BCUT2D eigenvalue weighted by Crippen LogP contribution is -2.23. The van der Waals surface area contributed by atoms with Crippen LogP contribution in [-0.2, 0) is 22.4 Å². The van der Waals surface area contributed by atoms with Crippen LogP contribution < -0.4 is 10.6 Å². The van der Waals surface area contributed by atoms with Gasteiger partial charge in [0.2, 0.25) is 0 Å². The molecule has 0 fully saturated rings. The van der Waals surface area contributed by atoms with Crippen LogP contribution in [0.4, 0.5) is 5.69 Å². The summed E-state index contributed by atoms with van der Waals surface area (Å²) in [6, 6.07) is 16.6. The number of nitrogens with one attached hydrogen (secondary N) is 2. The SMILES string of the molecule is C=C(CCc1ccc(NCCC(=O)CCC)c(CC)c1)NCC(=O)C[C@H](C)c1ccccc1.CC.[HH].[HH]. The first-order valence-corrected chi connectivity index (χ1v) is 13.3. The summed E-state index contributed by atoms with van der Waals surface area (Å²) in [6.45, 7) is 15.4. The van der Waals surface area contributed by atoms with Crippen molar-refractivity contribution in [1.82, 2.24) is 5.32 Å². The van der Waals surface area contributed by atoms with Gasteiger partial charge in [0.25, 0.3) is 0 Å². The van der Waals surface area contributed by atoms with Gasteiger partial charge in [-0.15, -0.1) is 0 Å². The Bertz CT molecular complexity index is 917. The normalized spacial score (nSPS) is 11.1. The first-order chi connectivity index (χ1) is 16.9. The molecule has 35 heavy (non-hydrogen) atoms. The minimum atomic E-state index is 0. The zero-order chi connectivity index (χ0) is 26.1. The second-order valence-corrected chi connectivity index (χ2v) is 8.82. The molecule has 0 aliphatic rings. The predicted molar refractivity (Wildman–Crippen MR) is 154 cm³/mol. The van der Waals surface area contributed by atoms with Crippen LogP contribution in [0.3, 0.4) is 0 Å². The number of Topliss-reactive ketones (excluding diaryl/α,β-unsaturated/α-hetero) is 2. The minimum absolute atomic E-state index is 0. The molecule has 196 valence electrons. The van der Waals surface area contributed by atoms with E-state index in [1.807, 2.05) is 39.0 Å². The Morgan fingerprint density at radius 3 is 2.34 bits per heavy atom. The van der Waals surface area contributed by atoms with Gasteiger partial charge in [0.05, 0.1) is 6.54 Å². The molecule has 0 saturated heterocycles. The van der Waals surface area contributed by atoms with Crippen LogP contribution in [0, 0.1) is 0 Å². The van der Waals surface area contributed by atoms with E-state index >= 15 is 0 Å². The summed E-state index contributed by atoms with van der Waals surface area (Å²) in [5, 5.41) is 6.63. The van der Waals surface area contributed by atoms with Gasteiger partial charge in [0.15, 0.2) is 5.78 Å². The number of benzene rings is 2. The lowest BCUT2D eigenvalue weighted by atomic mass is 9.96. The van der Waals surface area contributed by atoms with Crippen LogP contribution in [0.15, 0.2) is 60.8 Å². The van der Waals surface area contributed by atoms with Crippen molar-refractivity contribution in [2.24, 2.45) is 0 Å². The molecule has 2 aromatic carbocycles. The van der Waals surface area contributed by atoms with Gasteiger partial charge in [-0.25, -0.2) is 0 Å². The molecular formula is C31H50N2O2. The number of ketones is 2. The highest BCUT2D eigenvalue weighted by Gasteiger charge is 2.11. The standard InChI is InChI=1S/C29H40N2O2.C2H6.2H2/c1-5-10-27(32)17-18-30-29-16-15-24(20-25(29)6-2)14-13-23(4)31-21-28(33)19-22(3)26-11-8-7-9-12-26;1-2;;/h7-9,11-12,15-16,20,22,30-31H,4-6,10,13-14,17-19,21H2,1-3H3;1-2H3;2*1H/t22-;;;/m0.../s1. The number of carbonyl (C=O) groups is 2. The second kappa shape index (κ2) is 17.5. The molecule has 2 rings (SSSR count). The Labute approximate surface area is 216 Å². The molecule has 4 nitrogen and oxygen atoms in total. The molecule has 0 heterocycles. The van der Waals surface area contributed by atoms with Crippen molar-refractivity contribution in [3.8, 4) is 0 Å². The molecule has 0 amide bonds. The summed E-state index contributed by atoms with van der Waals surface area (Å²) < 4.78 is 0. The van der Waals surface area contributed by atoms with Crippen molar-refractivity contribution in [1.29, 1.82) is 0 Å². The zero-order valence-corrected chi connectivity index (χ0v) is 22.6. The number of allylic oxidation sites excluding steroid dienone is 1. The van der Waals surface area contributed by atoms with Crippen LogP contribution in [0.2, 0.25) is 0 Å². The molecular weight excluding hydrogens is 432 g/mol. The number of anilines is 1. The van der Waals surface area contributed by atoms with E-state index in [1.165, 1.54) is 16.7 Å². The van der Waals surface area contributed by atoms with E-state index in [-0.39, 0.29) is 14.6 Å². The van der Waals surface area contributed by atoms with E-state index < -0.39 is 0 Å². The fraction of sp³-hybridized carbons (Fsp3) is 0.484. The van der Waals surface area contributed by atoms with Gasteiger partial charge in [-0.1, -0.05) is 83.7 Å². The van der Waals surface area contributed by atoms with E-state index in [4.69, 9.17) is 0 Å². The monoisotopic (exact) mass is 482 g/mol. The van der Waals surface area contributed by atoms with Gasteiger partial charge < -0.3 is 10.6 Å². The van der Waals surface area contributed by atoms with E-state index in [0.717, 1.165) is 37.1 Å². The van der Waals surface area contributed by atoms with Crippen LogP contribution in [0.5, 0.6) is 0 Å². The number of rotatable bonds is 16. The molecule has 0 spiro atoms. The summed E-state index contributed by atoms with van der Waals surface area (Å²) in [6.07, 6.45) is 5.29. The van der Waals surface area contributed by atoms with E-state index in [1.54, 1.807) is 0 Å². The summed E-state index contributed by atoms with van der Waals surface area (Å²) in [4.78, 5) is 24.1. The van der Waals surface area contributed by atoms with Gasteiger partial charge in [0, 0.05) is 40.0 Å². The summed E-state index contributed by atoms with van der Waals surface area (Å²) in [5.74, 6) is 0.741. The molecule has 4 heteroatoms.